The minimum absolute atomic E-state index is 0.0754. The molecule has 0 spiro atoms. The Hall–Kier alpha value is -0.300. The Kier molecular flexibility index (Phi) is 5.05. The van der Waals surface area contributed by atoms with Crippen molar-refractivity contribution >= 4 is 0 Å². The largest absolute Gasteiger partial charge is 0.393 e. The molecule has 0 aromatic heterocycles. The maximum Gasteiger partial charge on any atom is 0.0577 e. The smallest absolute Gasteiger partial charge is 0.0577 e. The molecule has 0 saturated heterocycles. The average molecular weight is 399 g/mol. The lowest BCUT2D eigenvalue weighted by Crippen LogP contribution is -2.50. The Balaban J connectivity index is 1.32. The van der Waals surface area contributed by atoms with Crippen LogP contribution in [0.1, 0.15) is 98.8 Å². The summed E-state index contributed by atoms with van der Waals surface area (Å²) in [7, 11) is 0. The molecule has 0 aliphatic heterocycles. The van der Waals surface area contributed by atoms with Crippen molar-refractivity contribution in [2.24, 2.45) is 58.2 Å². The van der Waals surface area contributed by atoms with E-state index in [0.717, 1.165) is 60.2 Å². The predicted octanol–water partition coefficient (Wildman–Crippen LogP) is 7.24. The number of hydrogen-bond donors (Lipinski definition) is 1. The van der Waals surface area contributed by atoms with Crippen molar-refractivity contribution in [3.05, 3.63) is 11.6 Å². The average Bonchev–Trinajstić information content (AvgIpc) is 3.34. The fourth-order valence-corrected chi connectivity index (χ4v) is 9.62. The predicted molar refractivity (Wildman–Crippen MR) is 121 cm³/mol. The maximum atomic E-state index is 10.2. The van der Waals surface area contributed by atoms with Gasteiger partial charge in [0.05, 0.1) is 6.10 Å². The zero-order valence-electron chi connectivity index (χ0n) is 19.8. The van der Waals surface area contributed by atoms with Gasteiger partial charge in [0.25, 0.3) is 0 Å². The molecule has 29 heavy (non-hydrogen) atoms. The number of rotatable bonds is 4. The summed E-state index contributed by atoms with van der Waals surface area (Å²) in [6.07, 6.45) is 16.0. The third-order valence-corrected chi connectivity index (χ3v) is 11.3. The summed E-state index contributed by atoms with van der Waals surface area (Å²) in [5.74, 6) is 7.61. The monoisotopic (exact) mass is 398 g/mol. The summed E-state index contributed by atoms with van der Waals surface area (Å²) in [6, 6.07) is 0. The van der Waals surface area contributed by atoms with Crippen LogP contribution in [0, 0.1) is 58.2 Å². The quantitative estimate of drug-likeness (QED) is 0.495. The van der Waals surface area contributed by atoms with Crippen LogP contribution in [-0.4, -0.2) is 11.2 Å². The third-order valence-electron chi connectivity index (χ3n) is 11.3. The summed E-state index contributed by atoms with van der Waals surface area (Å²) in [5.41, 5.74) is 2.61. The van der Waals surface area contributed by atoms with Crippen LogP contribution in [0.25, 0.3) is 0 Å². The van der Waals surface area contributed by atoms with Gasteiger partial charge in [0.15, 0.2) is 0 Å². The molecule has 0 radical (unpaired) electrons. The number of fused-ring (bicyclic) bond motifs is 5. The molecule has 164 valence electrons. The topological polar surface area (TPSA) is 20.2 Å². The van der Waals surface area contributed by atoms with E-state index in [1.165, 1.54) is 51.4 Å². The molecular weight excluding hydrogens is 352 g/mol. The third kappa shape index (κ3) is 3.19. The van der Waals surface area contributed by atoms with E-state index in [0.29, 0.717) is 10.8 Å². The SMILES string of the molecule is CC(C)[C@H]1C[C@H]1C[C@@H](C)[C@H]1CC[C@H]2[C@@H]3CC=C4C[C@@H](O)CC[C@]4(C)[C@H]3CC[C@]12C. The van der Waals surface area contributed by atoms with Gasteiger partial charge >= 0.3 is 0 Å². The van der Waals surface area contributed by atoms with Crippen molar-refractivity contribution in [1.29, 1.82) is 0 Å². The van der Waals surface area contributed by atoms with Gasteiger partial charge in [-0.1, -0.05) is 46.3 Å². The van der Waals surface area contributed by atoms with Crippen molar-refractivity contribution in [1.82, 2.24) is 0 Å². The van der Waals surface area contributed by atoms with Gasteiger partial charge < -0.3 is 5.11 Å². The van der Waals surface area contributed by atoms with Gasteiger partial charge in [-0.2, -0.15) is 0 Å². The van der Waals surface area contributed by atoms with E-state index < -0.39 is 0 Å². The molecule has 0 heterocycles. The van der Waals surface area contributed by atoms with Gasteiger partial charge in [-0.3, -0.25) is 0 Å². The molecular formula is C28H46O. The first kappa shape index (κ1) is 20.6. The standard InChI is InChI=1S/C28H46O/c1-17(2)23-15-19(23)14-18(3)24-8-9-25-22-7-6-20-16-21(29)10-12-27(20,4)26(22)11-13-28(24,25)5/h6,17-19,21-26,29H,7-16H2,1-5H3/t18-,19-,21+,22+,23-,24-,25+,26+,27+,28-/m1/s1. The molecule has 5 aliphatic carbocycles. The normalized spacial score (nSPS) is 52.4. The van der Waals surface area contributed by atoms with Gasteiger partial charge in [0, 0.05) is 0 Å². The highest BCUT2D eigenvalue weighted by Gasteiger charge is 2.59. The number of hydrogen-bond acceptors (Lipinski definition) is 1. The first-order valence-electron chi connectivity index (χ1n) is 13.1. The molecule has 1 N–H and O–H groups in total. The summed E-state index contributed by atoms with van der Waals surface area (Å²) in [5, 5.41) is 10.2. The Morgan fingerprint density at radius 2 is 1.83 bits per heavy atom. The second kappa shape index (κ2) is 7.11. The molecule has 4 fully saturated rings. The fraction of sp³-hybridized carbons (Fsp3) is 0.929. The van der Waals surface area contributed by atoms with E-state index in [2.05, 4.69) is 40.7 Å². The number of aliphatic hydroxyl groups excluding tert-OH is 1. The maximum absolute atomic E-state index is 10.2. The molecule has 1 heteroatoms. The summed E-state index contributed by atoms with van der Waals surface area (Å²) >= 11 is 0. The zero-order valence-corrected chi connectivity index (χ0v) is 19.8. The molecule has 0 aromatic carbocycles. The zero-order chi connectivity index (χ0) is 20.6. The van der Waals surface area contributed by atoms with Crippen LogP contribution in [0.5, 0.6) is 0 Å². The highest BCUT2D eigenvalue weighted by atomic mass is 16.3. The lowest BCUT2D eigenvalue weighted by Gasteiger charge is -2.58. The highest BCUT2D eigenvalue weighted by molar-refractivity contribution is 5.25. The Morgan fingerprint density at radius 1 is 1.03 bits per heavy atom. The minimum atomic E-state index is -0.0754. The van der Waals surface area contributed by atoms with E-state index in [-0.39, 0.29) is 6.10 Å². The van der Waals surface area contributed by atoms with Crippen molar-refractivity contribution in [3.63, 3.8) is 0 Å². The van der Waals surface area contributed by atoms with Crippen molar-refractivity contribution in [2.75, 3.05) is 0 Å². The summed E-state index contributed by atoms with van der Waals surface area (Å²) < 4.78 is 0. The molecule has 4 saturated carbocycles. The van der Waals surface area contributed by atoms with Crippen LogP contribution < -0.4 is 0 Å². The lowest BCUT2D eigenvalue weighted by molar-refractivity contribution is -0.0575. The summed E-state index contributed by atoms with van der Waals surface area (Å²) in [6.45, 7) is 12.8. The van der Waals surface area contributed by atoms with Crippen molar-refractivity contribution in [3.8, 4) is 0 Å². The molecule has 0 aromatic rings. The highest BCUT2D eigenvalue weighted by Crippen LogP contribution is 2.67. The van der Waals surface area contributed by atoms with Crippen LogP contribution in [-0.2, 0) is 0 Å². The van der Waals surface area contributed by atoms with Gasteiger partial charge in [-0.25, -0.2) is 0 Å². The van der Waals surface area contributed by atoms with Gasteiger partial charge in [-0.15, -0.1) is 0 Å². The van der Waals surface area contributed by atoms with E-state index >= 15 is 0 Å². The molecule has 0 amide bonds. The van der Waals surface area contributed by atoms with Gasteiger partial charge in [-0.05, 0) is 122 Å². The second-order valence-electron chi connectivity index (χ2n) is 13.0. The van der Waals surface area contributed by atoms with Gasteiger partial charge in [0.1, 0.15) is 0 Å². The Labute approximate surface area is 180 Å². The lowest BCUT2D eigenvalue weighted by atomic mass is 9.47. The first-order chi connectivity index (χ1) is 13.7. The molecule has 0 unspecified atom stereocenters. The molecule has 5 aliphatic rings. The number of allylic oxidation sites excluding steroid dienone is 1. The fourth-order valence-electron chi connectivity index (χ4n) is 9.62. The van der Waals surface area contributed by atoms with E-state index in [1.54, 1.807) is 5.57 Å². The van der Waals surface area contributed by atoms with E-state index in [4.69, 9.17) is 0 Å². The Morgan fingerprint density at radius 3 is 2.55 bits per heavy atom. The molecule has 0 bridgehead atoms. The van der Waals surface area contributed by atoms with Crippen LogP contribution in [0.4, 0.5) is 0 Å². The molecule has 1 nitrogen and oxygen atoms in total. The molecule has 5 rings (SSSR count). The Bertz CT molecular complexity index is 663. The number of aliphatic hydroxyl groups is 1. The first-order valence-corrected chi connectivity index (χ1v) is 13.1. The van der Waals surface area contributed by atoms with Crippen LogP contribution in [0.15, 0.2) is 11.6 Å². The van der Waals surface area contributed by atoms with Crippen molar-refractivity contribution in [2.45, 2.75) is 105 Å². The van der Waals surface area contributed by atoms with Crippen LogP contribution in [0.3, 0.4) is 0 Å². The minimum Gasteiger partial charge on any atom is -0.393 e. The molecule has 10 atom stereocenters. The summed E-state index contributed by atoms with van der Waals surface area (Å²) in [4.78, 5) is 0. The van der Waals surface area contributed by atoms with E-state index in [1.807, 2.05) is 0 Å². The van der Waals surface area contributed by atoms with E-state index in [9.17, 15) is 5.11 Å². The second-order valence-corrected chi connectivity index (χ2v) is 13.0. The van der Waals surface area contributed by atoms with Crippen molar-refractivity contribution < 1.29 is 5.11 Å². The van der Waals surface area contributed by atoms with Gasteiger partial charge in [0.2, 0.25) is 0 Å². The van der Waals surface area contributed by atoms with Crippen LogP contribution >= 0.6 is 0 Å². The van der Waals surface area contributed by atoms with Crippen LogP contribution in [0.2, 0.25) is 0 Å².